The maximum absolute atomic E-state index is 12.5. The lowest BCUT2D eigenvalue weighted by molar-refractivity contribution is -0.123. The third-order valence-electron chi connectivity index (χ3n) is 4.42. The molecule has 2 bridgehead atoms. The molecule has 4 rings (SSSR count). The number of aryl methyl sites for hydroxylation is 1. The Morgan fingerprint density at radius 1 is 1.21 bits per heavy atom. The number of allylic oxidation sites excluding steroid dienone is 2. The van der Waals surface area contributed by atoms with Crippen molar-refractivity contribution in [2.75, 3.05) is 4.90 Å². The Hall–Kier alpha value is -1.56. The summed E-state index contributed by atoms with van der Waals surface area (Å²) in [6.45, 7) is 1.98. The first-order chi connectivity index (χ1) is 9.20. The van der Waals surface area contributed by atoms with Crippen LogP contribution in [0.25, 0.3) is 0 Å². The highest BCUT2D eigenvalue weighted by Gasteiger charge is 2.60. The van der Waals surface area contributed by atoms with Gasteiger partial charge in [0.15, 0.2) is 0 Å². The van der Waals surface area contributed by atoms with Gasteiger partial charge < -0.3 is 0 Å². The molecule has 2 amide bonds. The monoisotopic (exact) mass is 275 g/mol. The Bertz CT molecular complexity index is 579. The number of hydrogen-bond donors (Lipinski definition) is 0. The second kappa shape index (κ2) is 3.72. The number of carbonyl (C=O) groups excluding carboxylic acids is 2. The maximum Gasteiger partial charge on any atom is 0.240 e. The van der Waals surface area contributed by atoms with Gasteiger partial charge in [-0.3, -0.25) is 9.59 Å². The molecule has 3 aliphatic rings. The molecule has 19 heavy (non-hydrogen) atoms. The van der Waals surface area contributed by atoms with Crippen molar-refractivity contribution in [1.29, 1.82) is 0 Å². The zero-order valence-corrected chi connectivity index (χ0v) is 11.3. The number of hydrogen-bond acceptors (Lipinski definition) is 5. The summed E-state index contributed by atoms with van der Waals surface area (Å²) in [4.78, 5) is 26.3. The van der Waals surface area contributed by atoms with Crippen LogP contribution in [0.3, 0.4) is 0 Å². The number of rotatable bonds is 2. The molecule has 5 nitrogen and oxygen atoms in total. The van der Waals surface area contributed by atoms with E-state index < -0.39 is 0 Å². The van der Waals surface area contributed by atoms with E-state index in [0.717, 1.165) is 17.8 Å². The molecule has 0 radical (unpaired) electrons. The minimum atomic E-state index is -0.156. The fourth-order valence-electron chi connectivity index (χ4n) is 3.57. The van der Waals surface area contributed by atoms with Crippen LogP contribution in [0.15, 0.2) is 12.2 Å². The third-order valence-corrected chi connectivity index (χ3v) is 5.47. The van der Waals surface area contributed by atoms with Crippen LogP contribution >= 0.6 is 11.3 Å². The minimum absolute atomic E-state index is 0.0781. The second-order valence-corrected chi connectivity index (χ2v) is 6.38. The van der Waals surface area contributed by atoms with E-state index in [9.17, 15) is 9.59 Å². The SMILES string of the molecule is CCc1nnc(N2C(=O)[C@@H]3[C@@H](C2=O)[C@H]2C=C[C@@H]3C2)s1. The lowest BCUT2D eigenvalue weighted by Gasteiger charge is -2.14. The standard InChI is InChI=1S/C13H13N3O2S/c1-2-8-14-15-13(19-8)16-11(17)9-6-3-4-7(5-6)10(9)12(16)18/h3-4,6-7,9-10H,2,5H2,1H3/t6-,7+,9-,10-/m0/s1. The molecule has 1 saturated carbocycles. The van der Waals surface area contributed by atoms with Crippen LogP contribution in [-0.4, -0.2) is 22.0 Å². The van der Waals surface area contributed by atoms with Gasteiger partial charge in [-0.15, -0.1) is 10.2 Å². The lowest BCUT2D eigenvalue weighted by atomic mass is 9.85. The van der Waals surface area contributed by atoms with Crippen molar-refractivity contribution in [1.82, 2.24) is 10.2 Å². The van der Waals surface area contributed by atoms with Crippen molar-refractivity contribution < 1.29 is 9.59 Å². The molecule has 2 fully saturated rings. The fraction of sp³-hybridized carbons (Fsp3) is 0.538. The average Bonchev–Trinajstić information content (AvgIpc) is 3.14. The van der Waals surface area contributed by atoms with Crippen LogP contribution in [0.4, 0.5) is 5.13 Å². The highest BCUT2D eigenvalue weighted by Crippen LogP contribution is 2.53. The first-order valence-corrected chi connectivity index (χ1v) is 7.41. The van der Waals surface area contributed by atoms with E-state index in [1.807, 2.05) is 6.92 Å². The van der Waals surface area contributed by atoms with Crippen LogP contribution in [0.5, 0.6) is 0 Å². The number of carbonyl (C=O) groups is 2. The van der Waals surface area contributed by atoms with Crippen molar-refractivity contribution in [3.8, 4) is 0 Å². The molecule has 98 valence electrons. The predicted octanol–water partition coefficient (Wildman–Crippen LogP) is 1.41. The predicted molar refractivity (Wildman–Crippen MR) is 69.5 cm³/mol. The van der Waals surface area contributed by atoms with E-state index in [0.29, 0.717) is 5.13 Å². The Labute approximate surface area is 114 Å². The molecule has 0 aromatic carbocycles. The Morgan fingerprint density at radius 3 is 2.37 bits per heavy atom. The van der Waals surface area contributed by atoms with Crippen molar-refractivity contribution >= 4 is 28.3 Å². The maximum atomic E-state index is 12.5. The van der Waals surface area contributed by atoms with Crippen LogP contribution < -0.4 is 4.90 Å². The molecule has 2 aliphatic carbocycles. The van der Waals surface area contributed by atoms with Gasteiger partial charge in [0, 0.05) is 0 Å². The van der Waals surface area contributed by atoms with Crippen LogP contribution in [-0.2, 0) is 16.0 Å². The van der Waals surface area contributed by atoms with Crippen molar-refractivity contribution in [3.63, 3.8) is 0 Å². The highest BCUT2D eigenvalue weighted by molar-refractivity contribution is 7.15. The summed E-state index contributed by atoms with van der Waals surface area (Å²) in [6.07, 6.45) is 5.92. The van der Waals surface area contributed by atoms with E-state index in [1.54, 1.807) is 0 Å². The molecular formula is C13H13N3O2S. The topological polar surface area (TPSA) is 63.2 Å². The number of anilines is 1. The number of amides is 2. The van der Waals surface area contributed by atoms with Gasteiger partial charge in [0.05, 0.1) is 11.8 Å². The third kappa shape index (κ3) is 1.35. The molecule has 2 heterocycles. The van der Waals surface area contributed by atoms with E-state index in [4.69, 9.17) is 0 Å². The summed E-state index contributed by atoms with van der Waals surface area (Å²) in [5.41, 5.74) is 0. The summed E-state index contributed by atoms with van der Waals surface area (Å²) >= 11 is 1.34. The number of nitrogens with zero attached hydrogens (tertiary/aromatic N) is 3. The second-order valence-electron chi connectivity index (χ2n) is 5.34. The largest absolute Gasteiger partial charge is 0.274 e. The summed E-state index contributed by atoms with van der Waals surface area (Å²) in [5, 5.41) is 9.30. The molecule has 1 aromatic heterocycles. The lowest BCUT2D eigenvalue weighted by Crippen LogP contribution is -2.32. The molecule has 4 atom stereocenters. The van der Waals surface area contributed by atoms with Crippen LogP contribution in [0.2, 0.25) is 0 Å². The van der Waals surface area contributed by atoms with Gasteiger partial charge in [0.25, 0.3) is 0 Å². The van der Waals surface area contributed by atoms with E-state index in [1.165, 1.54) is 16.2 Å². The number of fused-ring (bicyclic) bond motifs is 5. The Kier molecular flexibility index (Phi) is 2.21. The summed E-state index contributed by atoms with van der Waals surface area (Å²) < 4.78 is 0. The van der Waals surface area contributed by atoms with Gasteiger partial charge in [-0.05, 0) is 24.7 Å². The van der Waals surface area contributed by atoms with Crippen molar-refractivity contribution in [3.05, 3.63) is 17.2 Å². The van der Waals surface area contributed by atoms with Crippen molar-refractivity contribution in [2.24, 2.45) is 23.7 Å². The molecule has 1 saturated heterocycles. The van der Waals surface area contributed by atoms with Crippen LogP contribution in [0, 0.1) is 23.7 Å². The molecule has 0 unspecified atom stereocenters. The highest BCUT2D eigenvalue weighted by atomic mass is 32.1. The fourth-order valence-corrected chi connectivity index (χ4v) is 4.36. The number of aromatic nitrogens is 2. The minimum Gasteiger partial charge on any atom is -0.274 e. The summed E-state index contributed by atoms with van der Waals surface area (Å²) in [7, 11) is 0. The molecule has 0 spiro atoms. The smallest absolute Gasteiger partial charge is 0.240 e. The van der Waals surface area contributed by atoms with Gasteiger partial charge in [-0.25, -0.2) is 4.90 Å². The summed E-state index contributed by atoms with van der Waals surface area (Å²) in [6, 6.07) is 0. The molecule has 0 N–H and O–H groups in total. The average molecular weight is 275 g/mol. The first kappa shape index (κ1) is 11.3. The quantitative estimate of drug-likeness (QED) is 0.605. The van der Waals surface area contributed by atoms with Crippen molar-refractivity contribution in [2.45, 2.75) is 19.8 Å². The van der Waals surface area contributed by atoms with Gasteiger partial charge in [0.2, 0.25) is 16.9 Å². The molecule has 1 aromatic rings. The number of imide groups is 1. The Balaban J connectivity index is 1.72. The molecule has 6 heteroatoms. The zero-order chi connectivity index (χ0) is 13.1. The van der Waals surface area contributed by atoms with E-state index in [2.05, 4.69) is 22.3 Å². The van der Waals surface area contributed by atoms with Gasteiger partial charge >= 0.3 is 0 Å². The normalized spacial score (nSPS) is 35.5. The first-order valence-electron chi connectivity index (χ1n) is 6.59. The summed E-state index contributed by atoms with van der Waals surface area (Å²) in [5.74, 6) is 0.0225. The molecular weight excluding hydrogens is 262 g/mol. The van der Waals surface area contributed by atoms with Gasteiger partial charge in [0.1, 0.15) is 5.01 Å². The van der Waals surface area contributed by atoms with Crippen LogP contribution in [0.1, 0.15) is 18.4 Å². The van der Waals surface area contributed by atoms with E-state index >= 15 is 0 Å². The van der Waals surface area contributed by atoms with E-state index in [-0.39, 0.29) is 35.5 Å². The Morgan fingerprint density at radius 2 is 1.84 bits per heavy atom. The van der Waals surface area contributed by atoms with Gasteiger partial charge in [-0.2, -0.15) is 0 Å². The van der Waals surface area contributed by atoms with Gasteiger partial charge in [-0.1, -0.05) is 30.4 Å². The zero-order valence-electron chi connectivity index (χ0n) is 10.4. The molecule has 1 aliphatic heterocycles.